The summed E-state index contributed by atoms with van der Waals surface area (Å²) in [7, 11) is -1.64. The Morgan fingerprint density at radius 1 is 0.977 bits per heavy atom. The van der Waals surface area contributed by atoms with Crippen molar-refractivity contribution >= 4 is 21.5 Å². The highest BCUT2D eigenvalue weighted by atomic mass is 32.2. The van der Waals surface area contributed by atoms with Crippen LogP contribution >= 0.6 is 0 Å². The number of aromatic nitrogens is 3. The van der Waals surface area contributed by atoms with Crippen LogP contribution < -0.4 is 19.3 Å². The molecule has 0 atom stereocenters. The summed E-state index contributed by atoms with van der Waals surface area (Å²) < 4.78 is 73.4. The van der Waals surface area contributed by atoms with Crippen molar-refractivity contribution in [2.75, 3.05) is 48.6 Å². The number of anilines is 2. The van der Waals surface area contributed by atoms with Crippen LogP contribution in [-0.2, 0) is 29.1 Å². The number of hydrogen-bond acceptors (Lipinski definition) is 9. The zero-order valence-corrected chi connectivity index (χ0v) is 25.5. The van der Waals surface area contributed by atoms with Crippen molar-refractivity contribution in [1.29, 1.82) is 0 Å². The molecule has 1 aliphatic rings. The molecule has 43 heavy (non-hydrogen) atoms. The van der Waals surface area contributed by atoms with E-state index in [1.54, 1.807) is 7.11 Å². The molecule has 0 bridgehead atoms. The van der Waals surface area contributed by atoms with Crippen molar-refractivity contribution in [1.82, 2.24) is 15.0 Å². The van der Waals surface area contributed by atoms with Crippen LogP contribution in [0.2, 0.25) is 0 Å². The first kappa shape index (κ1) is 32.3. The van der Waals surface area contributed by atoms with E-state index < -0.39 is 21.6 Å². The van der Waals surface area contributed by atoms with Crippen LogP contribution in [0.3, 0.4) is 0 Å². The normalized spacial score (nSPS) is 14.1. The second-order valence-corrected chi connectivity index (χ2v) is 13.0. The third-order valence-electron chi connectivity index (χ3n) is 7.43. The minimum atomic E-state index is -4.43. The van der Waals surface area contributed by atoms with Crippen LogP contribution in [0.5, 0.6) is 11.6 Å². The average Bonchev–Trinajstić information content (AvgIpc) is 3.48. The number of rotatable bonds is 14. The maximum atomic E-state index is 13.2. The van der Waals surface area contributed by atoms with E-state index in [1.807, 2.05) is 17.0 Å². The Hall–Kier alpha value is -3.61. The highest BCUT2D eigenvalue weighted by molar-refractivity contribution is 7.90. The van der Waals surface area contributed by atoms with Gasteiger partial charge in [-0.1, -0.05) is 25.0 Å². The molecule has 1 saturated carbocycles. The Morgan fingerprint density at radius 2 is 1.65 bits per heavy atom. The number of methoxy groups -OCH3 is 1. The second kappa shape index (κ2) is 14.2. The molecule has 13 heteroatoms. The van der Waals surface area contributed by atoms with Gasteiger partial charge in [-0.2, -0.15) is 13.2 Å². The minimum absolute atomic E-state index is 0.0399. The number of ether oxygens (including phenoxy) is 2. The van der Waals surface area contributed by atoms with Crippen molar-refractivity contribution in [2.45, 2.75) is 51.9 Å². The largest absolute Gasteiger partial charge is 0.489 e. The first-order chi connectivity index (χ1) is 20.4. The molecule has 0 N–H and O–H groups in total. The third kappa shape index (κ3) is 9.44. The van der Waals surface area contributed by atoms with Gasteiger partial charge in [-0.05, 0) is 49.4 Å². The summed E-state index contributed by atoms with van der Waals surface area (Å²) in [5.41, 5.74) is 1.58. The number of nitrogens with zero attached hydrogens (tertiary/aromatic N) is 5. The van der Waals surface area contributed by atoms with Gasteiger partial charge in [0, 0.05) is 32.0 Å². The average molecular weight is 622 g/mol. The van der Waals surface area contributed by atoms with Gasteiger partial charge in [-0.15, -0.1) is 0 Å². The Labute approximate surface area is 251 Å². The minimum Gasteiger partial charge on any atom is -0.489 e. The quantitative estimate of drug-likeness (QED) is 0.230. The van der Waals surface area contributed by atoms with Gasteiger partial charge in [-0.3, -0.25) is 0 Å². The number of benzene rings is 1. The first-order valence-electron chi connectivity index (χ1n) is 14.3. The Bertz CT molecular complexity index is 1430. The molecule has 3 aromatic rings. The second-order valence-electron chi connectivity index (χ2n) is 10.8. The third-order valence-corrected chi connectivity index (χ3v) is 8.33. The summed E-state index contributed by atoms with van der Waals surface area (Å²) in [6.45, 7) is 4.22. The van der Waals surface area contributed by atoms with Crippen LogP contribution in [-0.4, -0.2) is 62.2 Å². The van der Waals surface area contributed by atoms with E-state index in [0.717, 1.165) is 42.9 Å². The molecule has 9 nitrogen and oxygen atoms in total. The summed E-state index contributed by atoms with van der Waals surface area (Å²) >= 11 is 0. The van der Waals surface area contributed by atoms with E-state index >= 15 is 0 Å². The molecule has 1 fully saturated rings. The smallest absolute Gasteiger partial charge is 0.416 e. The van der Waals surface area contributed by atoms with Crippen LogP contribution in [0.25, 0.3) is 0 Å². The predicted octanol–water partition coefficient (Wildman–Crippen LogP) is 5.55. The Morgan fingerprint density at radius 3 is 2.23 bits per heavy atom. The number of hydrogen-bond donors (Lipinski definition) is 0. The predicted molar refractivity (Wildman–Crippen MR) is 159 cm³/mol. The summed E-state index contributed by atoms with van der Waals surface area (Å²) in [5, 5.41) is 0. The van der Waals surface area contributed by atoms with Gasteiger partial charge in [0.05, 0.1) is 48.7 Å². The van der Waals surface area contributed by atoms with Gasteiger partial charge in [0.15, 0.2) is 15.6 Å². The lowest BCUT2D eigenvalue weighted by molar-refractivity contribution is -0.137. The van der Waals surface area contributed by atoms with Crippen molar-refractivity contribution in [3.05, 3.63) is 65.6 Å². The van der Waals surface area contributed by atoms with Crippen molar-refractivity contribution in [2.24, 2.45) is 5.92 Å². The fourth-order valence-electron chi connectivity index (χ4n) is 5.15. The van der Waals surface area contributed by atoms with Gasteiger partial charge in [0.2, 0.25) is 11.8 Å². The van der Waals surface area contributed by atoms with Gasteiger partial charge < -0.3 is 19.3 Å². The molecule has 0 amide bonds. The van der Waals surface area contributed by atoms with Crippen LogP contribution in [0, 0.1) is 5.92 Å². The monoisotopic (exact) mass is 621 g/mol. The number of pyridine rings is 1. The molecule has 0 unspecified atom stereocenters. The highest BCUT2D eigenvalue weighted by Crippen LogP contribution is 2.32. The first-order valence-corrected chi connectivity index (χ1v) is 16.3. The van der Waals surface area contributed by atoms with Gasteiger partial charge >= 0.3 is 6.18 Å². The SMILES string of the molecule is CCN(CC1CCCC1)c1ccc(OC)nc1CN(Cc1ccc(C(F)(F)F)cc1)c1ncc(OCCS(C)(=O)=O)cn1. The van der Waals surface area contributed by atoms with E-state index in [2.05, 4.69) is 21.8 Å². The van der Waals surface area contributed by atoms with Crippen LogP contribution in [0.15, 0.2) is 48.8 Å². The molecule has 4 rings (SSSR count). The van der Waals surface area contributed by atoms with Crippen LogP contribution in [0.4, 0.5) is 24.8 Å². The highest BCUT2D eigenvalue weighted by Gasteiger charge is 2.30. The van der Waals surface area contributed by atoms with E-state index in [0.29, 0.717) is 29.1 Å². The standard InChI is InChI=1S/C30H38F3N5O4S/c1-4-37(19-22-7-5-6-8-22)27-13-14-28(41-2)36-26(27)21-38(20-23-9-11-24(12-10-23)30(31,32)33)29-34-17-25(18-35-29)42-15-16-43(3,39)40/h9-14,17-18,22H,4-8,15-16,19-21H2,1-3H3. The maximum absolute atomic E-state index is 13.2. The van der Waals surface area contributed by atoms with Gasteiger partial charge in [0.1, 0.15) is 6.61 Å². The molecule has 234 valence electrons. The Kier molecular flexibility index (Phi) is 10.7. The lowest BCUT2D eigenvalue weighted by Gasteiger charge is -2.30. The van der Waals surface area contributed by atoms with Crippen LogP contribution in [0.1, 0.15) is 49.4 Å². The fraction of sp³-hybridized carbons (Fsp3) is 0.500. The lowest BCUT2D eigenvalue weighted by atomic mass is 10.1. The molecular weight excluding hydrogens is 583 g/mol. The van der Waals surface area contributed by atoms with E-state index in [1.165, 1.54) is 50.2 Å². The topological polar surface area (TPSA) is 97.7 Å². The summed E-state index contributed by atoms with van der Waals surface area (Å²) in [6.07, 6.45) is 4.46. The number of alkyl halides is 3. The zero-order valence-electron chi connectivity index (χ0n) is 24.7. The summed E-state index contributed by atoms with van der Waals surface area (Å²) in [4.78, 5) is 17.8. The number of halogens is 3. The molecule has 2 aromatic heterocycles. The Balaban J connectivity index is 1.64. The molecule has 0 saturated heterocycles. The molecule has 1 aromatic carbocycles. The van der Waals surface area contributed by atoms with Crippen molar-refractivity contribution in [3.63, 3.8) is 0 Å². The summed E-state index contributed by atoms with van der Waals surface area (Å²) in [6, 6.07) is 8.82. The lowest BCUT2D eigenvalue weighted by Crippen LogP contribution is -2.31. The molecule has 0 spiro atoms. The maximum Gasteiger partial charge on any atom is 0.416 e. The molecule has 0 radical (unpaired) electrons. The number of sulfone groups is 1. The van der Waals surface area contributed by atoms with E-state index in [4.69, 9.17) is 14.5 Å². The fourth-order valence-corrected chi connectivity index (χ4v) is 5.54. The zero-order chi connectivity index (χ0) is 31.0. The molecule has 2 heterocycles. The molecule has 0 aliphatic heterocycles. The van der Waals surface area contributed by atoms with Gasteiger partial charge in [0.25, 0.3) is 0 Å². The van der Waals surface area contributed by atoms with E-state index in [9.17, 15) is 21.6 Å². The van der Waals surface area contributed by atoms with Gasteiger partial charge in [-0.25, -0.2) is 23.4 Å². The molecule has 1 aliphatic carbocycles. The molecular formula is C30H38F3N5O4S. The van der Waals surface area contributed by atoms with Crippen molar-refractivity contribution < 1.29 is 31.1 Å². The van der Waals surface area contributed by atoms with Crippen molar-refractivity contribution in [3.8, 4) is 11.6 Å². The van der Waals surface area contributed by atoms with E-state index in [-0.39, 0.29) is 25.4 Å². The summed E-state index contributed by atoms with van der Waals surface area (Å²) in [5.74, 6) is 1.52.